The Morgan fingerprint density at radius 3 is 2.10 bits per heavy atom. The molecule has 6 fully saturated rings. The molecule has 0 bridgehead atoms. The predicted octanol–water partition coefficient (Wildman–Crippen LogP) is 3.84. The van der Waals surface area contributed by atoms with Gasteiger partial charge in [0.2, 0.25) is 0 Å². The molecule has 1 aliphatic heterocycles. The topological polar surface area (TPSA) is 183 Å². The van der Waals surface area contributed by atoms with Crippen molar-refractivity contribution in [3.63, 3.8) is 0 Å². The summed E-state index contributed by atoms with van der Waals surface area (Å²) in [5.41, 5.74) is -1.10. The molecule has 6 rings (SSSR count). The monoisotopic (exact) mass is 702 g/mol. The van der Waals surface area contributed by atoms with E-state index in [1.807, 2.05) is 6.92 Å². The molecule has 0 amide bonds. The van der Waals surface area contributed by atoms with Crippen molar-refractivity contribution in [1.82, 2.24) is 0 Å². The van der Waals surface area contributed by atoms with Gasteiger partial charge in [0.1, 0.15) is 18.3 Å². The summed E-state index contributed by atoms with van der Waals surface area (Å²) in [6.45, 7) is 15.7. The van der Waals surface area contributed by atoms with Crippen LogP contribution in [0.15, 0.2) is 0 Å². The fourth-order valence-corrected chi connectivity index (χ4v) is 13.9. The Morgan fingerprint density at radius 2 is 1.48 bits per heavy atom. The van der Waals surface area contributed by atoms with E-state index in [9.17, 15) is 38.5 Å². The van der Waals surface area contributed by atoms with Crippen LogP contribution in [0.5, 0.6) is 0 Å². The first-order chi connectivity index (χ1) is 22.1. The van der Waals surface area contributed by atoms with Crippen molar-refractivity contribution in [2.24, 2.45) is 56.7 Å². The van der Waals surface area contributed by atoms with Gasteiger partial charge >= 0.3 is 10.4 Å². The molecule has 1 heterocycles. The standard InChI is InChI=1S/C36H62O11S/c1-20-26-21-8-9-24-32(4)12-11-25(46-30-29(47-48(42,43)44)28(40)27(39)22(18-37)45-30)31(2,3)23(32)10-13-34(24,6)33(21,5)14-16-36(26,19-38)17-15-35(20,7)41/h20-30,37-41H,8-19H2,1-7H3,(H,42,43,44)/t20-,21+,22+,23-,24+,25-,26+,27+,28-,29+,30-,32-,33+,34+,35+,36-/m0/s1. The molecule has 5 aliphatic carbocycles. The number of hydrogen-bond acceptors (Lipinski definition) is 10. The van der Waals surface area contributed by atoms with E-state index in [0.717, 1.165) is 57.8 Å². The van der Waals surface area contributed by atoms with Crippen LogP contribution in [-0.4, -0.2) is 94.1 Å². The summed E-state index contributed by atoms with van der Waals surface area (Å²) in [5, 5.41) is 53.3. The van der Waals surface area contributed by atoms with Gasteiger partial charge in [-0.25, -0.2) is 4.18 Å². The molecule has 6 N–H and O–H groups in total. The molecular formula is C36H62O11S. The fourth-order valence-electron chi connectivity index (χ4n) is 13.5. The van der Waals surface area contributed by atoms with E-state index < -0.39 is 59.4 Å². The largest absolute Gasteiger partial charge is 0.397 e. The fraction of sp³-hybridized carbons (Fsp3) is 1.00. The van der Waals surface area contributed by atoms with E-state index in [2.05, 4.69) is 41.5 Å². The molecule has 0 radical (unpaired) electrons. The van der Waals surface area contributed by atoms with Crippen LogP contribution < -0.4 is 0 Å². The normalized spacial score (nSPS) is 55.1. The first-order valence-electron chi connectivity index (χ1n) is 18.4. The molecule has 0 unspecified atom stereocenters. The van der Waals surface area contributed by atoms with Crippen molar-refractivity contribution in [2.75, 3.05) is 13.2 Å². The van der Waals surface area contributed by atoms with Crippen LogP contribution in [0.25, 0.3) is 0 Å². The molecule has 0 aromatic rings. The average molecular weight is 703 g/mol. The predicted molar refractivity (Wildman–Crippen MR) is 177 cm³/mol. The number of aliphatic hydroxyl groups is 5. The lowest BCUT2D eigenvalue weighted by molar-refractivity contribution is -0.328. The minimum atomic E-state index is -5.02. The second kappa shape index (κ2) is 12.1. The quantitative estimate of drug-likeness (QED) is 0.175. The average Bonchev–Trinajstić information content (AvgIpc) is 2.99. The molecule has 0 aromatic carbocycles. The maximum Gasteiger partial charge on any atom is 0.397 e. The van der Waals surface area contributed by atoms with Crippen LogP contribution in [0.2, 0.25) is 0 Å². The van der Waals surface area contributed by atoms with E-state index in [0.29, 0.717) is 18.3 Å². The van der Waals surface area contributed by atoms with Crippen LogP contribution >= 0.6 is 0 Å². The van der Waals surface area contributed by atoms with Crippen molar-refractivity contribution < 1.29 is 52.2 Å². The van der Waals surface area contributed by atoms with Gasteiger partial charge in [-0.15, -0.1) is 0 Å². The lowest BCUT2D eigenvalue weighted by Gasteiger charge is -2.74. The highest BCUT2D eigenvalue weighted by atomic mass is 32.3. The molecule has 0 spiro atoms. The van der Waals surface area contributed by atoms with E-state index in [4.69, 9.17) is 13.7 Å². The van der Waals surface area contributed by atoms with E-state index in [1.165, 1.54) is 0 Å². The van der Waals surface area contributed by atoms with Gasteiger partial charge in [-0.3, -0.25) is 4.55 Å². The van der Waals surface area contributed by atoms with Gasteiger partial charge in [0.15, 0.2) is 12.4 Å². The van der Waals surface area contributed by atoms with Gasteiger partial charge in [-0.05, 0) is 128 Å². The van der Waals surface area contributed by atoms with E-state index in [-0.39, 0.29) is 51.4 Å². The highest BCUT2D eigenvalue weighted by Gasteiger charge is 2.71. The number of ether oxygens (including phenoxy) is 2. The maximum absolute atomic E-state index is 11.7. The lowest BCUT2D eigenvalue weighted by atomic mass is 9.31. The Morgan fingerprint density at radius 1 is 0.812 bits per heavy atom. The second-order valence-electron chi connectivity index (χ2n) is 18.5. The lowest BCUT2D eigenvalue weighted by Crippen LogP contribution is -2.69. The number of fused-ring (bicyclic) bond motifs is 7. The van der Waals surface area contributed by atoms with Crippen molar-refractivity contribution in [1.29, 1.82) is 0 Å². The maximum atomic E-state index is 11.7. The second-order valence-corrected chi connectivity index (χ2v) is 19.6. The summed E-state index contributed by atoms with van der Waals surface area (Å²) >= 11 is 0. The molecule has 6 aliphatic rings. The molecule has 1 saturated heterocycles. The Labute approximate surface area is 287 Å². The van der Waals surface area contributed by atoms with Gasteiger partial charge in [0, 0.05) is 6.61 Å². The van der Waals surface area contributed by atoms with Gasteiger partial charge in [0.05, 0.1) is 18.3 Å². The number of aliphatic hydroxyl groups excluding tert-OH is 4. The molecule has 12 heteroatoms. The molecule has 278 valence electrons. The third-order valence-corrected chi connectivity index (χ3v) is 16.9. The molecule has 48 heavy (non-hydrogen) atoms. The van der Waals surface area contributed by atoms with Crippen molar-refractivity contribution in [2.45, 2.75) is 155 Å². The Bertz CT molecular complexity index is 1320. The third-order valence-electron chi connectivity index (χ3n) is 16.5. The summed E-state index contributed by atoms with van der Waals surface area (Å²) < 4.78 is 49.9. The van der Waals surface area contributed by atoms with Gasteiger partial charge in [-0.2, -0.15) is 8.42 Å². The van der Waals surface area contributed by atoms with Crippen molar-refractivity contribution >= 4 is 10.4 Å². The summed E-state index contributed by atoms with van der Waals surface area (Å²) in [5.74, 6) is 1.55. The zero-order valence-electron chi connectivity index (χ0n) is 30.0. The highest BCUT2D eigenvalue weighted by molar-refractivity contribution is 7.80. The molecule has 0 aromatic heterocycles. The minimum absolute atomic E-state index is 0.000626. The summed E-state index contributed by atoms with van der Waals surface area (Å²) in [6, 6.07) is 0. The molecule has 5 saturated carbocycles. The summed E-state index contributed by atoms with van der Waals surface area (Å²) in [6.07, 6.45) is 1.25. The molecule has 11 nitrogen and oxygen atoms in total. The minimum Gasteiger partial charge on any atom is -0.396 e. The van der Waals surface area contributed by atoms with E-state index in [1.54, 1.807) is 0 Å². The first kappa shape index (κ1) is 37.4. The van der Waals surface area contributed by atoms with Gasteiger partial charge < -0.3 is 35.0 Å². The van der Waals surface area contributed by atoms with Crippen molar-refractivity contribution in [3.05, 3.63) is 0 Å². The summed E-state index contributed by atoms with van der Waals surface area (Å²) in [4.78, 5) is 0. The van der Waals surface area contributed by atoms with Crippen molar-refractivity contribution in [3.8, 4) is 0 Å². The molecular weight excluding hydrogens is 640 g/mol. The Hall–Kier alpha value is -0.410. The zero-order valence-corrected chi connectivity index (χ0v) is 30.8. The Kier molecular flexibility index (Phi) is 9.39. The number of rotatable bonds is 6. The van der Waals surface area contributed by atoms with Crippen LogP contribution in [0, 0.1) is 56.7 Å². The highest BCUT2D eigenvalue weighted by Crippen LogP contribution is 2.77. The summed E-state index contributed by atoms with van der Waals surface area (Å²) in [7, 11) is -5.02. The van der Waals surface area contributed by atoms with Crippen LogP contribution in [0.3, 0.4) is 0 Å². The zero-order chi connectivity index (χ0) is 35.5. The van der Waals surface area contributed by atoms with Crippen LogP contribution in [0.4, 0.5) is 0 Å². The van der Waals surface area contributed by atoms with Gasteiger partial charge in [0.25, 0.3) is 0 Å². The van der Waals surface area contributed by atoms with Crippen LogP contribution in [-0.2, 0) is 24.1 Å². The molecule has 16 atom stereocenters. The third kappa shape index (κ3) is 5.40. The van der Waals surface area contributed by atoms with Crippen LogP contribution in [0.1, 0.15) is 113 Å². The smallest absolute Gasteiger partial charge is 0.396 e. The SMILES string of the molecule is C[C@H]1[C@@H]2[C@H]3CC[C@@H]4[C@@]5(C)CC[C@H](O[C@@H]6O[C@H](CO)[C@@H](O)[C@H](O)[C@H]6OS(=O)(=O)O)C(C)(C)[C@@H]5CC[C@@]4(C)[C@]3(C)CC[C@@]2(CO)CC[C@@]1(C)O. The van der Waals surface area contributed by atoms with E-state index >= 15 is 0 Å². The Balaban J connectivity index is 1.27. The number of hydrogen-bond donors (Lipinski definition) is 6. The van der Waals surface area contributed by atoms with Gasteiger partial charge in [-0.1, -0.05) is 41.5 Å². The first-order valence-corrected chi connectivity index (χ1v) is 19.8.